The largest absolute Gasteiger partial charge is 0.368 e. The van der Waals surface area contributed by atoms with E-state index in [1.54, 1.807) is 12.5 Å². The smallest absolute Gasteiger partial charge is 0.154 e. The van der Waals surface area contributed by atoms with E-state index >= 15 is 0 Å². The number of aryl methyl sites for hydroxylation is 1. The van der Waals surface area contributed by atoms with E-state index in [4.69, 9.17) is 6.42 Å². The van der Waals surface area contributed by atoms with Crippen LogP contribution in [0.25, 0.3) is 11.0 Å². The molecule has 2 heterocycles. The fourth-order valence-corrected chi connectivity index (χ4v) is 1.59. The molecule has 4 heteroatoms. The molecular weight excluding hydrogens is 200 g/mol. The highest BCUT2D eigenvalue weighted by Crippen LogP contribution is 2.18. The van der Waals surface area contributed by atoms with Gasteiger partial charge in [-0.05, 0) is 12.5 Å². The van der Waals surface area contributed by atoms with Crippen LogP contribution in [0.2, 0.25) is 0 Å². The molecule has 0 spiro atoms. The molecule has 4 nitrogen and oxygen atoms in total. The number of terminal acetylenes is 1. The lowest BCUT2D eigenvalue weighted by Gasteiger charge is -2.04. The number of nitrogens with zero attached hydrogens (tertiary/aromatic N) is 3. The van der Waals surface area contributed by atoms with Crippen molar-refractivity contribution in [2.75, 3.05) is 11.9 Å². The molecule has 0 fully saturated rings. The summed E-state index contributed by atoms with van der Waals surface area (Å²) in [5.41, 5.74) is 1.99. The summed E-state index contributed by atoms with van der Waals surface area (Å²) in [6.07, 6.45) is 10.5. The van der Waals surface area contributed by atoms with E-state index in [2.05, 4.69) is 21.2 Å². The van der Waals surface area contributed by atoms with E-state index in [-0.39, 0.29) is 0 Å². The first-order chi connectivity index (χ1) is 7.83. The van der Waals surface area contributed by atoms with Crippen LogP contribution in [0.5, 0.6) is 0 Å². The highest BCUT2D eigenvalue weighted by molar-refractivity contribution is 5.85. The van der Waals surface area contributed by atoms with Crippen molar-refractivity contribution in [3.63, 3.8) is 0 Å². The molecule has 2 rings (SSSR count). The number of pyridine rings is 1. The van der Waals surface area contributed by atoms with Gasteiger partial charge in [-0.25, -0.2) is 9.97 Å². The van der Waals surface area contributed by atoms with Gasteiger partial charge in [-0.2, -0.15) is 0 Å². The molecule has 0 aliphatic heterocycles. The van der Waals surface area contributed by atoms with Crippen molar-refractivity contribution in [3.05, 3.63) is 18.6 Å². The van der Waals surface area contributed by atoms with E-state index in [1.165, 1.54) is 0 Å². The second kappa shape index (κ2) is 4.67. The molecule has 0 aromatic carbocycles. The lowest BCUT2D eigenvalue weighted by Crippen LogP contribution is -2.03. The van der Waals surface area contributed by atoms with Crippen molar-refractivity contribution >= 4 is 16.9 Å². The number of nitrogens with one attached hydrogen (secondary N) is 1. The van der Waals surface area contributed by atoms with Crippen molar-refractivity contribution in [2.45, 2.75) is 12.8 Å². The van der Waals surface area contributed by atoms with Gasteiger partial charge < -0.3 is 9.88 Å². The Morgan fingerprint density at radius 2 is 2.38 bits per heavy atom. The third kappa shape index (κ3) is 1.98. The monoisotopic (exact) mass is 214 g/mol. The lowest BCUT2D eigenvalue weighted by atomic mass is 10.3. The minimum atomic E-state index is 0.783. The molecular formula is C12H14N4. The van der Waals surface area contributed by atoms with Gasteiger partial charge in [0, 0.05) is 26.2 Å². The summed E-state index contributed by atoms with van der Waals surface area (Å²) in [4.78, 5) is 8.59. The minimum absolute atomic E-state index is 0.783. The fourth-order valence-electron chi connectivity index (χ4n) is 1.59. The number of aromatic nitrogens is 3. The third-order valence-corrected chi connectivity index (χ3v) is 2.43. The van der Waals surface area contributed by atoms with Gasteiger partial charge in [-0.3, -0.25) is 0 Å². The molecule has 0 unspecified atom stereocenters. The number of hydrogen-bond donors (Lipinski definition) is 1. The Hall–Kier alpha value is -2.02. The maximum Gasteiger partial charge on any atom is 0.154 e. The molecule has 0 amide bonds. The fraction of sp³-hybridized carbons (Fsp3) is 0.333. The quantitative estimate of drug-likeness (QED) is 0.623. The van der Waals surface area contributed by atoms with Gasteiger partial charge in [-0.15, -0.1) is 12.3 Å². The van der Waals surface area contributed by atoms with Gasteiger partial charge in [0.1, 0.15) is 5.52 Å². The Morgan fingerprint density at radius 3 is 3.19 bits per heavy atom. The maximum atomic E-state index is 5.19. The van der Waals surface area contributed by atoms with E-state index in [0.29, 0.717) is 0 Å². The summed E-state index contributed by atoms with van der Waals surface area (Å²) in [6.45, 7) is 0.826. The van der Waals surface area contributed by atoms with Crippen molar-refractivity contribution in [1.82, 2.24) is 14.5 Å². The number of rotatable bonds is 4. The highest BCUT2D eigenvalue weighted by Gasteiger charge is 2.05. The molecule has 1 N–H and O–H groups in total. The molecule has 82 valence electrons. The Kier molecular flexibility index (Phi) is 3.06. The number of fused-ring (bicyclic) bond motifs is 1. The Morgan fingerprint density at radius 1 is 1.50 bits per heavy atom. The molecule has 2 aromatic rings. The summed E-state index contributed by atoms with van der Waals surface area (Å²) >= 11 is 0. The summed E-state index contributed by atoms with van der Waals surface area (Å²) in [5, 5.41) is 3.25. The van der Waals surface area contributed by atoms with Crippen LogP contribution in [0.3, 0.4) is 0 Å². The maximum absolute atomic E-state index is 5.19. The molecule has 0 aliphatic rings. The first-order valence-electron chi connectivity index (χ1n) is 5.26. The zero-order valence-corrected chi connectivity index (χ0v) is 9.27. The molecule has 0 aliphatic carbocycles. The van der Waals surface area contributed by atoms with Crippen molar-refractivity contribution < 1.29 is 0 Å². The van der Waals surface area contributed by atoms with E-state index < -0.39 is 0 Å². The summed E-state index contributed by atoms with van der Waals surface area (Å²) < 4.78 is 1.98. The van der Waals surface area contributed by atoms with Crippen LogP contribution in [0.1, 0.15) is 12.8 Å². The highest BCUT2D eigenvalue weighted by atomic mass is 15.1. The summed E-state index contributed by atoms with van der Waals surface area (Å²) in [5.74, 6) is 3.44. The second-order valence-electron chi connectivity index (χ2n) is 3.62. The zero-order valence-electron chi connectivity index (χ0n) is 9.27. The molecule has 16 heavy (non-hydrogen) atoms. The van der Waals surface area contributed by atoms with Crippen LogP contribution in [-0.2, 0) is 7.05 Å². The van der Waals surface area contributed by atoms with Crippen LogP contribution >= 0.6 is 0 Å². The number of unbranched alkanes of at least 4 members (excludes halogenated alkanes) is 1. The predicted octanol–water partition coefficient (Wildman–Crippen LogP) is 1.79. The average Bonchev–Trinajstić information content (AvgIpc) is 2.68. The third-order valence-electron chi connectivity index (χ3n) is 2.43. The average molecular weight is 214 g/mol. The van der Waals surface area contributed by atoms with Crippen LogP contribution < -0.4 is 5.32 Å². The lowest BCUT2D eigenvalue weighted by molar-refractivity contribution is 0.902. The Labute approximate surface area is 94.7 Å². The Balaban J connectivity index is 2.15. The molecule has 0 saturated heterocycles. The second-order valence-corrected chi connectivity index (χ2v) is 3.62. The van der Waals surface area contributed by atoms with E-state index in [9.17, 15) is 0 Å². The van der Waals surface area contributed by atoms with Crippen molar-refractivity contribution in [1.29, 1.82) is 0 Å². The van der Waals surface area contributed by atoms with Crippen LogP contribution in [0.15, 0.2) is 18.6 Å². The molecule has 0 radical (unpaired) electrons. The number of hydrogen-bond acceptors (Lipinski definition) is 3. The molecule has 0 bridgehead atoms. The van der Waals surface area contributed by atoms with Gasteiger partial charge in [0.15, 0.2) is 5.82 Å². The van der Waals surface area contributed by atoms with Crippen molar-refractivity contribution in [2.24, 2.45) is 7.05 Å². The van der Waals surface area contributed by atoms with E-state index in [1.807, 2.05) is 17.7 Å². The molecule has 2 aromatic heterocycles. The SMILES string of the molecule is C#CCCCNc1nccc2c1ncn2C. The number of imidazole rings is 1. The number of anilines is 1. The van der Waals surface area contributed by atoms with Gasteiger partial charge >= 0.3 is 0 Å². The predicted molar refractivity (Wildman–Crippen MR) is 65.1 cm³/mol. The minimum Gasteiger partial charge on any atom is -0.368 e. The van der Waals surface area contributed by atoms with E-state index in [0.717, 1.165) is 36.2 Å². The van der Waals surface area contributed by atoms with Crippen LogP contribution in [-0.4, -0.2) is 21.1 Å². The summed E-state index contributed by atoms with van der Waals surface area (Å²) in [7, 11) is 1.97. The van der Waals surface area contributed by atoms with Gasteiger partial charge in [0.25, 0.3) is 0 Å². The van der Waals surface area contributed by atoms with Gasteiger partial charge in [-0.1, -0.05) is 0 Å². The van der Waals surface area contributed by atoms with Gasteiger partial charge in [0.2, 0.25) is 0 Å². The zero-order chi connectivity index (χ0) is 11.4. The standard InChI is InChI=1S/C12H14N4/c1-3-4-5-7-13-12-11-10(6-8-14-12)16(2)9-15-11/h1,6,8-9H,4-5,7H2,2H3,(H,13,14). The normalized spacial score (nSPS) is 10.2. The van der Waals surface area contributed by atoms with Crippen molar-refractivity contribution in [3.8, 4) is 12.3 Å². The van der Waals surface area contributed by atoms with Gasteiger partial charge in [0.05, 0.1) is 11.8 Å². The Bertz CT molecular complexity index is 521. The van der Waals surface area contributed by atoms with Crippen LogP contribution in [0, 0.1) is 12.3 Å². The summed E-state index contributed by atoms with van der Waals surface area (Å²) in [6, 6.07) is 1.95. The molecule has 0 atom stereocenters. The topological polar surface area (TPSA) is 42.7 Å². The first-order valence-corrected chi connectivity index (χ1v) is 5.26. The molecule has 0 saturated carbocycles. The first kappa shape index (κ1) is 10.5. The van der Waals surface area contributed by atoms with Crippen LogP contribution in [0.4, 0.5) is 5.82 Å².